The number of esters is 2. The molecule has 0 aliphatic rings. The van der Waals surface area contributed by atoms with Crippen LogP contribution in [0.3, 0.4) is 0 Å². The number of hydrogen-bond acceptors (Lipinski definition) is 6. The molecule has 0 aromatic heterocycles. The predicted octanol–water partition coefficient (Wildman–Crippen LogP) is 1.71. The van der Waals surface area contributed by atoms with Gasteiger partial charge in [-0.05, 0) is 12.8 Å². The van der Waals surface area contributed by atoms with Crippen LogP contribution < -0.4 is 0 Å². The summed E-state index contributed by atoms with van der Waals surface area (Å²) in [6.07, 6.45) is 3.35. The molecular weight excluding hydrogens is 264 g/mol. The molecule has 0 rings (SSSR count). The fraction of sp³-hybridized carbons (Fsp3) is 0.857. The maximum Gasteiger partial charge on any atom is 0.305 e. The van der Waals surface area contributed by atoms with E-state index in [9.17, 15) is 9.59 Å². The van der Waals surface area contributed by atoms with Crippen molar-refractivity contribution in [1.82, 2.24) is 0 Å². The molecule has 0 aromatic carbocycles. The molecule has 0 aromatic rings. The first-order chi connectivity index (χ1) is 9.70. The minimum Gasteiger partial charge on any atom is -0.466 e. The van der Waals surface area contributed by atoms with E-state index in [1.807, 2.05) is 0 Å². The van der Waals surface area contributed by atoms with Crippen LogP contribution in [0.1, 0.15) is 38.5 Å². The summed E-state index contributed by atoms with van der Waals surface area (Å²) >= 11 is 0. The molecule has 0 aliphatic carbocycles. The van der Waals surface area contributed by atoms with Gasteiger partial charge in [0.25, 0.3) is 0 Å². The maximum absolute atomic E-state index is 11.3. The summed E-state index contributed by atoms with van der Waals surface area (Å²) in [4.78, 5) is 22.6. The van der Waals surface area contributed by atoms with Gasteiger partial charge in [0.2, 0.25) is 0 Å². The molecule has 20 heavy (non-hydrogen) atoms. The van der Waals surface area contributed by atoms with E-state index >= 15 is 0 Å². The van der Waals surface area contributed by atoms with Gasteiger partial charge in [0.05, 0.1) is 13.2 Å². The van der Waals surface area contributed by atoms with E-state index in [0.717, 1.165) is 0 Å². The van der Waals surface area contributed by atoms with Crippen molar-refractivity contribution >= 4 is 11.9 Å². The topological polar surface area (TPSA) is 71.1 Å². The van der Waals surface area contributed by atoms with Crippen LogP contribution >= 0.6 is 0 Å². The third-order valence-electron chi connectivity index (χ3n) is 2.52. The van der Waals surface area contributed by atoms with Crippen LogP contribution in [-0.2, 0) is 28.5 Å². The highest BCUT2D eigenvalue weighted by molar-refractivity contribution is 5.70. The first kappa shape index (κ1) is 18.9. The van der Waals surface area contributed by atoms with Crippen LogP contribution in [0.2, 0.25) is 0 Å². The van der Waals surface area contributed by atoms with Crippen molar-refractivity contribution in [3.63, 3.8) is 0 Å². The van der Waals surface area contributed by atoms with E-state index in [2.05, 4.69) is 0 Å². The average Bonchev–Trinajstić information content (AvgIpc) is 2.44. The van der Waals surface area contributed by atoms with E-state index in [1.54, 1.807) is 14.2 Å². The number of unbranched alkanes of at least 4 members (excludes halogenated alkanes) is 1. The molecule has 0 saturated carbocycles. The second-order valence-corrected chi connectivity index (χ2v) is 4.34. The van der Waals surface area contributed by atoms with Gasteiger partial charge in [-0.3, -0.25) is 9.59 Å². The third-order valence-corrected chi connectivity index (χ3v) is 2.52. The number of carbonyl (C=O) groups excluding carboxylic acids is 2. The molecule has 0 spiro atoms. The van der Waals surface area contributed by atoms with Crippen molar-refractivity contribution in [1.29, 1.82) is 0 Å². The van der Waals surface area contributed by atoms with Crippen molar-refractivity contribution in [3.05, 3.63) is 0 Å². The summed E-state index contributed by atoms with van der Waals surface area (Å²) in [7, 11) is 3.21. The Hall–Kier alpha value is -1.14. The Bertz CT molecular complexity index is 228. The second-order valence-electron chi connectivity index (χ2n) is 4.34. The predicted molar refractivity (Wildman–Crippen MR) is 73.4 cm³/mol. The molecular formula is C14H26O6. The van der Waals surface area contributed by atoms with Gasteiger partial charge in [0.15, 0.2) is 0 Å². The van der Waals surface area contributed by atoms with Gasteiger partial charge in [-0.25, -0.2) is 0 Å². The lowest BCUT2D eigenvalue weighted by Crippen LogP contribution is -2.09. The van der Waals surface area contributed by atoms with E-state index < -0.39 is 0 Å². The van der Waals surface area contributed by atoms with Crippen molar-refractivity contribution in [2.24, 2.45) is 0 Å². The number of hydrogen-bond donors (Lipinski definition) is 0. The molecule has 0 saturated heterocycles. The normalized spacial score (nSPS) is 10.3. The second kappa shape index (κ2) is 14.3. The Morgan fingerprint density at radius 3 is 1.40 bits per heavy atom. The minimum atomic E-state index is -0.227. The monoisotopic (exact) mass is 290 g/mol. The summed E-state index contributed by atoms with van der Waals surface area (Å²) in [6, 6.07) is 0. The van der Waals surface area contributed by atoms with Crippen LogP contribution in [-0.4, -0.2) is 52.6 Å². The molecule has 118 valence electrons. The van der Waals surface area contributed by atoms with Gasteiger partial charge in [-0.2, -0.15) is 0 Å². The molecule has 0 bridgehead atoms. The Kier molecular flexibility index (Phi) is 13.5. The van der Waals surface area contributed by atoms with Gasteiger partial charge in [0.1, 0.15) is 0 Å². The smallest absolute Gasteiger partial charge is 0.305 e. The van der Waals surface area contributed by atoms with E-state index in [-0.39, 0.29) is 11.9 Å². The lowest BCUT2D eigenvalue weighted by molar-refractivity contribution is -0.146. The summed E-state index contributed by atoms with van der Waals surface area (Å²) in [5.41, 5.74) is 0. The first-order valence-corrected chi connectivity index (χ1v) is 6.99. The highest BCUT2D eigenvalue weighted by atomic mass is 16.5. The molecule has 0 fully saturated rings. The quantitative estimate of drug-likeness (QED) is 0.380. The zero-order valence-corrected chi connectivity index (χ0v) is 12.5. The molecule has 6 heteroatoms. The highest BCUT2D eigenvalue weighted by Crippen LogP contribution is 2.03. The van der Waals surface area contributed by atoms with Crippen LogP contribution in [0.5, 0.6) is 0 Å². The van der Waals surface area contributed by atoms with Gasteiger partial charge in [-0.15, -0.1) is 0 Å². The fourth-order valence-electron chi connectivity index (χ4n) is 1.46. The van der Waals surface area contributed by atoms with Crippen LogP contribution in [0, 0.1) is 0 Å². The Labute approximate surface area is 120 Å². The van der Waals surface area contributed by atoms with Crippen molar-refractivity contribution in [2.75, 3.05) is 40.6 Å². The lowest BCUT2D eigenvalue weighted by atomic mass is 10.2. The Balaban J connectivity index is 3.32. The van der Waals surface area contributed by atoms with Gasteiger partial charge >= 0.3 is 11.9 Å². The van der Waals surface area contributed by atoms with E-state index in [0.29, 0.717) is 65.0 Å². The maximum atomic E-state index is 11.3. The molecule has 0 heterocycles. The van der Waals surface area contributed by atoms with Crippen molar-refractivity contribution < 1.29 is 28.5 Å². The number of rotatable bonds is 13. The van der Waals surface area contributed by atoms with Crippen LogP contribution in [0.4, 0.5) is 0 Å². The summed E-state index contributed by atoms with van der Waals surface area (Å²) < 4.78 is 19.7. The Morgan fingerprint density at radius 1 is 0.650 bits per heavy atom. The Morgan fingerprint density at radius 2 is 1.05 bits per heavy atom. The zero-order chi connectivity index (χ0) is 15.1. The van der Waals surface area contributed by atoms with Crippen molar-refractivity contribution in [2.45, 2.75) is 38.5 Å². The molecule has 6 nitrogen and oxygen atoms in total. The highest BCUT2D eigenvalue weighted by Gasteiger charge is 2.06. The number of carbonyl (C=O) groups is 2. The SMILES string of the molecule is COCCCOC(=O)CCCCC(=O)OCCCOC. The molecule has 0 unspecified atom stereocenters. The molecule has 0 N–H and O–H groups in total. The molecule has 0 amide bonds. The van der Waals surface area contributed by atoms with Gasteiger partial charge < -0.3 is 18.9 Å². The largest absolute Gasteiger partial charge is 0.466 e. The average molecular weight is 290 g/mol. The summed E-state index contributed by atoms with van der Waals surface area (Å²) in [5, 5.41) is 0. The van der Waals surface area contributed by atoms with Crippen LogP contribution in [0.25, 0.3) is 0 Å². The van der Waals surface area contributed by atoms with E-state index in [4.69, 9.17) is 18.9 Å². The van der Waals surface area contributed by atoms with Crippen molar-refractivity contribution in [3.8, 4) is 0 Å². The minimum absolute atomic E-state index is 0.227. The molecule has 0 radical (unpaired) electrons. The van der Waals surface area contributed by atoms with Gasteiger partial charge in [-0.1, -0.05) is 0 Å². The number of methoxy groups -OCH3 is 2. The number of ether oxygens (including phenoxy) is 4. The van der Waals surface area contributed by atoms with Gasteiger partial charge in [0, 0.05) is 53.1 Å². The lowest BCUT2D eigenvalue weighted by Gasteiger charge is -2.05. The third kappa shape index (κ3) is 13.3. The first-order valence-electron chi connectivity index (χ1n) is 6.99. The van der Waals surface area contributed by atoms with E-state index in [1.165, 1.54) is 0 Å². The summed E-state index contributed by atoms with van der Waals surface area (Å²) in [5.74, 6) is -0.455. The standard InChI is InChI=1S/C14H26O6/c1-17-9-5-11-19-13(15)7-3-4-8-14(16)20-12-6-10-18-2/h3-12H2,1-2H3. The van der Waals surface area contributed by atoms with Crippen LogP contribution in [0.15, 0.2) is 0 Å². The zero-order valence-electron chi connectivity index (χ0n) is 12.5. The molecule has 0 atom stereocenters. The summed E-state index contributed by atoms with van der Waals surface area (Å²) in [6.45, 7) is 1.94. The fourth-order valence-corrected chi connectivity index (χ4v) is 1.46. The molecule has 0 aliphatic heterocycles.